The van der Waals surface area contributed by atoms with Crippen LogP contribution in [0.5, 0.6) is 11.5 Å². The molecule has 0 spiro atoms. The molecule has 1 atom stereocenters. The van der Waals surface area contributed by atoms with Gasteiger partial charge in [-0.25, -0.2) is 0 Å². The Kier molecular flexibility index (Phi) is 5.13. The Balaban J connectivity index is 1.64. The summed E-state index contributed by atoms with van der Waals surface area (Å²) in [4.78, 5) is 21.7. The third-order valence-corrected chi connectivity index (χ3v) is 3.85. The molecule has 0 radical (unpaired) electrons. The third kappa shape index (κ3) is 3.71. The molecule has 0 saturated heterocycles. The van der Waals surface area contributed by atoms with Crippen LogP contribution in [0.2, 0.25) is 0 Å². The van der Waals surface area contributed by atoms with Crippen molar-refractivity contribution in [1.82, 2.24) is 10.3 Å². The van der Waals surface area contributed by atoms with Gasteiger partial charge in [-0.3, -0.25) is 9.78 Å². The Bertz CT molecular complexity index is 777. The van der Waals surface area contributed by atoms with Crippen molar-refractivity contribution in [1.29, 1.82) is 0 Å². The molecule has 1 aliphatic rings. The monoisotopic (exact) mass is 341 g/mol. The van der Waals surface area contributed by atoms with E-state index in [9.17, 15) is 4.79 Å². The van der Waals surface area contributed by atoms with E-state index >= 15 is 0 Å². The number of methoxy groups -OCH3 is 2. The molecule has 7 heteroatoms. The van der Waals surface area contributed by atoms with Crippen molar-refractivity contribution in [3.05, 3.63) is 53.9 Å². The maximum atomic E-state index is 12.3. The third-order valence-electron chi connectivity index (χ3n) is 3.85. The molecule has 2 aromatic rings. The number of benzene rings is 1. The maximum absolute atomic E-state index is 12.3. The molecular weight excluding hydrogens is 322 g/mol. The summed E-state index contributed by atoms with van der Waals surface area (Å²) in [6, 6.07) is 11.0. The van der Waals surface area contributed by atoms with Gasteiger partial charge in [-0.2, -0.15) is 0 Å². The predicted octanol–water partition coefficient (Wildman–Crippen LogP) is 1.91. The number of nitrogens with one attached hydrogen (secondary N) is 1. The maximum Gasteiger partial charge on any atom is 0.264 e. The fourth-order valence-electron chi connectivity index (χ4n) is 2.59. The normalized spacial score (nSPS) is 15.9. The van der Waals surface area contributed by atoms with Gasteiger partial charge in [0.2, 0.25) is 6.10 Å². The average molecular weight is 341 g/mol. The zero-order valence-electron chi connectivity index (χ0n) is 14.1. The van der Waals surface area contributed by atoms with Gasteiger partial charge in [-0.05, 0) is 24.3 Å². The van der Waals surface area contributed by atoms with Crippen molar-refractivity contribution in [2.45, 2.75) is 19.1 Å². The molecule has 1 aliphatic heterocycles. The van der Waals surface area contributed by atoms with Crippen LogP contribution < -0.4 is 14.8 Å². The van der Waals surface area contributed by atoms with Crippen molar-refractivity contribution >= 4 is 11.6 Å². The Labute approximate surface area is 145 Å². The van der Waals surface area contributed by atoms with Crippen LogP contribution >= 0.6 is 0 Å². The Morgan fingerprint density at radius 1 is 1.24 bits per heavy atom. The van der Waals surface area contributed by atoms with Gasteiger partial charge in [0.05, 0.1) is 32.2 Å². The standard InChI is InChI=1S/C18H19N3O4/c1-23-15-8-5-7-13(17(15)24-2)14-10-16(25-21-14)18(22)20-11-12-6-3-4-9-19-12/h3-9,16H,10-11H2,1-2H3,(H,20,22)/t16-/m1/s1. The first-order valence-corrected chi connectivity index (χ1v) is 7.84. The average Bonchev–Trinajstić information content (AvgIpc) is 3.16. The number of para-hydroxylation sites is 1. The second-order valence-corrected chi connectivity index (χ2v) is 5.42. The van der Waals surface area contributed by atoms with Crippen LogP contribution in [-0.2, 0) is 16.2 Å². The van der Waals surface area contributed by atoms with Crippen molar-refractivity contribution in [3.8, 4) is 11.5 Å². The molecule has 1 aromatic carbocycles. The number of carbonyl (C=O) groups excluding carboxylic acids is 1. The van der Waals surface area contributed by atoms with Crippen molar-refractivity contribution in [2.24, 2.45) is 5.16 Å². The van der Waals surface area contributed by atoms with E-state index < -0.39 is 6.10 Å². The lowest BCUT2D eigenvalue weighted by molar-refractivity contribution is -0.131. The fraction of sp³-hybridized carbons (Fsp3) is 0.278. The van der Waals surface area contributed by atoms with Crippen LogP contribution in [0, 0.1) is 0 Å². The highest BCUT2D eigenvalue weighted by molar-refractivity contribution is 6.06. The van der Waals surface area contributed by atoms with Gasteiger partial charge in [0.25, 0.3) is 5.91 Å². The van der Waals surface area contributed by atoms with E-state index in [2.05, 4.69) is 15.5 Å². The van der Waals surface area contributed by atoms with Crippen LogP contribution in [0.25, 0.3) is 0 Å². The first-order valence-electron chi connectivity index (χ1n) is 7.84. The summed E-state index contributed by atoms with van der Waals surface area (Å²) in [7, 11) is 3.14. The summed E-state index contributed by atoms with van der Waals surface area (Å²) in [6.45, 7) is 0.345. The number of pyridine rings is 1. The van der Waals surface area contributed by atoms with E-state index in [4.69, 9.17) is 14.3 Å². The number of amides is 1. The van der Waals surface area contributed by atoms with Crippen LogP contribution in [0.1, 0.15) is 17.7 Å². The minimum Gasteiger partial charge on any atom is -0.493 e. The summed E-state index contributed by atoms with van der Waals surface area (Å²) in [6.07, 6.45) is 1.37. The topological polar surface area (TPSA) is 82.0 Å². The minimum atomic E-state index is -0.672. The number of nitrogens with zero attached hydrogens (tertiary/aromatic N) is 2. The van der Waals surface area contributed by atoms with Gasteiger partial charge in [0, 0.05) is 18.2 Å². The molecule has 3 rings (SSSR count). The smallest absolute Gasteiger partial charge is 0.264 e. The summed E-state index contributed by atoms with van der Waals surface area (Å²) < 4.78 is 10.7. The molecule has 0 unspecified atom stereocenters. The van der Waals surface area contributed by atoms with Crippen molar-refractivity contribution in [3.63, 3.8) is 0 Å². The first kappa shape index (κ1) is 16.8. The van der Waals surface area contributed by atoms with E-state index in [1.165, 1.54) is 0 Å². The summed E-state index contributed by atoms with van der Waals surface area (Å²) in [5, 5.41) is 6.86. The number of rotatable bonds is 6. The number of hydrogen-bond acceptors (Lipinski definition) is 6. The van der Waals surface area contributed by atoms with Gasteiger partial charge in [-0.1, -0.05) is 17.3 Å². The van der Waals surface area contributed by atoms with Gasteiger partial charge < -0.3 is 19.6 Å². The minimum absolute atomic E-state index is 0.230. The zero-order valence-corrected chi connectivity index (χ0v) is 14.1. The van der Waals surface area contributed by atoms with Crippen molar-refractivity contribution < 1.29 is 19.1 Å². The number of oxime groups is 1. The molecule has 0 saturated carbocycles. The number of carbonyl (C=O) groups is 1. The van der Waals surface area contributed by atoms with E-state index in [1.54, 1.807) is 26.5 Å². The molecular formula is C18H19N3O4. The summed E-state index contributed by atoms with van der Waals surface area (Å²) in [5.74, 6) is 0.943. The van der Waals surface area contributed by atoms with Gasteiger partial charge in [-0.15, -0.1) is 0 Å². The molecule has 7 nitrogen and oxygen atoms in total. The molecule has 2 heterocycles. The lowest BCUT2D eigenvalue weighted by Crippen LogP contribution is -2.34. The Morgan fingerprint density at radius 3 is 2.84 bits per heavy atom. The molecule has 0 bridgehead atoms. The van der Waals surface area contributed by atoms with Crippen LogP contribution in [0.4, 0.5) is 0 Å². The zero-order chi connectivity index (χ0) is 17.6. The highest BCUT2D eigenvalue weighted by Gasteiger charge is 2.30. The number of ether oxygens (including phenoxy) is 2. The molecule has 1 aromatic heterocycles. The van der Waals surface area contributed by atoms with Crippen LogP contribution in [0.3, 0.4) is 0 Å². The highest BCUT2D eigenvalue weighted by Crippen LogP contribution is 2.33. The summed E-state index contributed by atoms with van der Waals surface area (Å²) in [5.41, 5.74) is 2.18. The first-order chi connectivity index (χ1) is 12.2. The number of hydrogen-bond donors (Lipinski definition) is 1. The van der Waals surface area contributed by atoms with Crippen LogP contribution in [-0.4, -0.2) is 36.9 Å². The molecule has 0 aliphatic carbocycles. The lowest BCUT2D eigenvalue weighted by Gasteiger charge is -2.12. The van der Waals surface area contributed by atoms with E-state index in [1.807, 2.05) is 30.3 Å². The Hall–Kier alpha value is -3.09. The van der Waals surface area contributed by atoms with Gasteiger partial charge in [0.15, 0.2) is 11.5 Å². The quantitative estimate of drug-likeness (QED) is 0.868. The second-order valence-electron chi connectivity index (χ2n) is 5.42. The largest absolute Gasteiger partial charge is 0.493 e. The Morgan fingerprint density at radius 2 is 2.12 bits per heavy atom. The number of aromatic nitrogens is 1. The van der Waals surface area contributed by atoms with Gasteiger partial charge in [0.1, 0.15) is 0 Å². The van der Waals surface area contributed by atoms with E-state index in [0.717, 1.165) is 11.3 Å². The van der Waals surface area contributed by atoms with Gasteiger partial charge >= 0.3 is 0 Å². The van der Waals surface area contributed by atoms with Crippen molar-refractivity contribution in [2.75, 3.05) is 14.2 Å². The van der Waals surface area contributed by atoms with Crippen LogP contribution in [0.15, 0.2) is 47.8 Å². The van der Waals surface area contributed by atoms with E-state index in [0.29, 0.717) is 30.2 Å². The highest BCUT2D eigenvalue weighted by atomic mass is 16.6. The second kappa shape index (κ2) is 7.65. The SMILES string of the molecule is COc1cccc(C2=NO[C@@H](C(=O)NCc3ccccn3)C2)c1OC. The molecule has 0 fully saturated rings. The van der Waals surface area contributed by atoms with E-state index in [-0.39, 0.29) is 5.91 Å². The predicted molar refractivity (Wildman–Crippen MR) is 91.7 cm³/mol. The fourth-order valence-corrected chi connectivity index (χ4v) is 2.59. The molecule has 1 N–H and O–H groups in total. The molecule has 25 heavy (non-hydrogen) atoms. The summed E-state index contributed by atoms with van der Waals surface area (Å²) >= 11 is 0. The molecule has 130 valence electrons. The lowest BCUT2D eigenvalue weighted by atomic mass is 10.0. The molecule has 1 amide bonds.